The Kier molecular flexibility index (Phi) is 20.4. The summed E-state index contributed by atoms with van der Waals surface area (Å²) in [5.41, 5.74) is 6.45. The van der Waals surface area contributed by atoms with Crippen molar-refractivity contribution in [1.29, 1.82) is 0 Å². The molecule has 21 heteroatoms. The smallest absolute Gasteiger partial charge is 0.494 e. The second kappa shape index (κ2) is 28.9. The largest absolute Gasteiger partial charge is 0.516 e. The maximum atomic E-state index is 12.8. The van der Waals surface area contributed by atoms with E-state index in [9.17, 15) is 35.1 Å². The van der Waals surface area contributed by atoms with E-state index in [1.807, 2.05) is 192 Å². The molecule has 94 heavy (non-hydrogen) atoms. The van der Waals surface area contributed by atoms with Gasteiger partial charge in [0.1, 0.15) is 34.7 Å². The Morgan fingerprint density at radius 3 is 1.20 bits per heavy atom. The molecule has 0 spiro atoms. The number of ether oxygens (including phenoxy) is 3. The van der Waals surface area contributed by atoms with E-state index >= 15 is 0 Å². The fraction of sp³-hybridized carbons (Fsp3) is 0.137. The molecule has 480 valence electrons. The highest BCUT2D eigenvalue weighted by molar-refractivity contribution is 7.93. The van der Waals surface area contributed by atoms with Crippen LogP contribution in [0.15, 0.2) is 205 Å². The third-order valence-electron chi connectivity index (χ3n) is 14.6. The van der Waals surface area contributed by atoms with E-state index in [2.05, 4.69) is 36.0 Å². The summed E-state index contributed by atoms with van der Waals surface area (Å²) < 4.78 is 104. The van der Waals surface area contributed by atoms with Crippen molar-refractivity contribution in [2.45, 2.75) is 50.6 Å². The van der Waals surface area contributed by atoms with Crippen LogP contribution in [0.2, 0.25) is 0 Å². The van der Waals surface area contributed by atoms with Crippen LogP contribution in [-0.4, -0.2) is 77.2 Å². The number of aromatic amines is 3. The normalized spacial score (nSPS) is 12.1. The highest BCUT2D eigenvalue weighted by Crippen LogP contribution is 2.36. The average Bonchev–Trinajstić information content (AvgIpc) is 1.39. The lowest BCUT2D eigenvalue weighted by Crippen LogP contribution is -2.30. The van der Waals surface area contributed by atoms with E-state index in [1.54, 1.807) is 59.3 Å². The molecule has 16 nitrogen and oxygen atoms in total. The summed E-state index contributed by atoms with van der Waals surface area (Å²) in [6, 6.07) is 60.7. The number of aromatic nitrogens is 6. The lowest BCUT2D eigenvalue weighted by Gasteiger charge is -2.21. The number of nitrogens with one attached hydrogen (secondary N) is 4. The topological polar surface area (TPSA) is 240 Å². The van der Waals surface area contributed by atoms with Crippen molar-refractivity contribution >= 4 is 95.3 Å². The number of sulfonamides is 2. The summed E-state index contributed by atoms with van der Waals surface area (Å²) >= 11 is 0. The summed E-state index contributed by atoms with van der Waals surface area (Å²) in [5.74, 6) is 4.59. The molecule has 0 fully saturated rings. The molecule has 0 radical (unpaired) electrons. The first-order valence-electron chi connectivity index (χ1n) is 29.9. The SMILES string of the molecule is CCOc1ccc(/C=C/c2nc3ccc(-c4ccccc4C(C)(C)O)cc3[nH]2)cc1.CCOc1ccc(/C=C/c2nc3ccc(-c4ccccc4NS(=O)(=O)C(F)(F)F)cc3[nH]2)cc1.CCOc1ccc(/C=C/c2nc3ccc(-c4ccccc4S(N)(=O)=O)cc3[nH]2)cc1. The quantitative estimate of drug-likeness (QED) is 0.0445. The number of rotatable bonds is 19. The second-order valence-electron chi connectivity index (χ2n) is 21.8. The van der Waals surface area contributed by atoms with Gasteiger partial charge in [-0.3, -0.25) is 4.72 Å². The first kappa shape index (κ1) is 66.3. The Morgan fingerprint density at radius 2 is 0.819 bits per heavy atom. The third-order valence-corrected chi connectivity index (χ3v) is 16.6. The van der Waals surface area contributed by atoms with Gasteiger partial charge < -0.3 is 34.3 Å². The monoisotopic (exact) mass is 1300 g/mol. The molecule has 0 atom stereocenters. The molecule has 0 unspecified atom stereocenters. The number of aliphatic hydroxyl groups is 1. The van der Waals surface area contributed by atoms with Gasteiger partial charge in [-0.2, -0.15) is 21.6 Å². The lowest BCUT2D eigenvalue weighted by molar-refractivity contribution is -0.0429. The van der Waals surface area contributed by atoms with Gasteiger partial charge >= 0.3 is 15.5 Å². The average molecular weight is 1310 g/mol. The lowest BCUT2D eigenvalue weighted by atomic mass is 9.89. The predicted molar refractivity (Wildman–Crippen MR) is 369 cm³/mol. The Bertz CT molecular complexity index is 4940. The van der Waals surface area contributed by atoms with Gasteiger partial charge in [-0.05, 0) is 182 Å². The van der Waals surface area contributed by atoms with Crippen molar-refractivity contribution in [1.82, 2.24) is 29.9 Å². The van der Waals surface area contributed by atoms with Crippen molar-refractivity contribution < 1.29 is 49.3 Å². The van der Waals surface area contributed by atoms with Crippen LogP contribution in [0.3, 0.4) is 0 Å². The highest BCUT2D eigenvalue weighted by Gasteiger charge is 2.46. The van der Waals surface area contributed by atoms with Crippen LogP contribution in [-0.2, 0) is 25.6 Å². The van der Waals surface area contributed by atoms with Crippen molar-refractivity contribution in [2.24, 2.45) is 5.14 Å². The number of nitrogens with zero attached hydrogens (tertiary/aromatic N) is 3. The zero-order chi connectivity index (χ0) is 66.6. The number of halogens is 3. The Hall–Kier alpha value is -10.6. The minimum atomic E-state index is -5.55. The minimum Gasteiger partial charge on any atom is -0.494 e. The summed E-state index contributed by atoms with van der Waals surface area (Å²) in [6.45, 7) is 11.4. The van der Waals surface area contributed by atoms with E-state index in [4.69, 9.17) is 19.3 Å². The van der Waals surface area contributed by atoms with Gasteiger partial charge in [0, 0.05) is 11.1 Å². The van der Waals surface area contributed by atoms with Crippen molar-refractivity contribution in [2.75, 3.05) is 24.5 Å². The maximum absolute atomic E-state index is 12.8. The van der Waals surface area contributed by atoms with Crippen molar-refractivity contribution in [3.8, 4) is 50.6 Å². The van der Waals surface area contributed by atoms with Gasteiger partial charge in [0.25, 0.3) is 0 Å². The van der Waals surface area contributed by atoms with Crippen molar-refractivity contribution in [3.05, 3.63) is 240 Å². The fourth-order valence-corrected chi connectivity index (χ4v) is 11.5. The Labute approximate surface area is 542 Å². The highest BCUT2D eigenvalue weighted by atomic mass is 32.2. The number of nitrogens with two attached hydrogens (primary N) is 1. The number of para-hydroxylation sites is 1. The molecule has 0 aliphatic carbocycles. The molecule has 12 rings (SSSR count). The number of anilines is 1. The van der Waals surface area contributed by atoms with E-state index < -0.39 is 31.2 Å². The fourth-order valence-electron chi connectivity index (χ4n) is 10.1. The van der Waals surface area contributed by atoms with Crippen LogP contribution in [0.1, 0.15) is 74.3 Å². The molecule has 3 aromatic heterocycles. The number of benzene rings is 9. The maximum Gasteiger partial charge on any atom is 0.516 e. The van der Waals surface area contributed by atoms with Gasteiger partial charge in [0.05, 0.1) is 69.1 Å². The van der Waals surface area contributed by atoms with E-state index in [-0.39, 0.29) is 10.6 Å². The summed E-state index contributed by atoms with van der Waals surface area (Å²) in [6.07, 6.45) is 11.5. The number of hydrogen-bond acceptors (Lipinski definition) is 11. The standard InChI is InChI=1S/C26H26N2O2.C24H20F3N3O3S.C23H21N3O3S/c1-4-30-20-13-9-18(10-14-20)11-16-25-27-23-15-12-19(17-24(23)28-25)21-7-5-6-8-22(21)26(2,3)29;1-2-33-18-11-7-16(8-12-18)9-14-23-28-21-13-10-17(15-22(21)29-23)19-5-3-4-6-20(19)30-34(31,32)24(25,26)27;1-2-29-18-11-7-16(8-12-18)9-14-23-25-20-13-10-17(15-21(20)26-23)19-5-3-4-6-22(19)30(24,27)28/h5-17,29H,4H2,1-3H3,(H,27,28);3-15,30H,2H2,1H3,(H,28,29);3-15H,2H2,1H3,(H,25,26)(H2,24,27,28)/b16-11+;2*14-9+. The number of primary sulfonamides is 1. The summed E-state index contributed by atoms with van der Waals surface area (Å²) in [4.78, 5) is 23.6. The molecule has 0 bridgehead atoms. The molecule has 12 aromatic rings. The molecule has 3 heterocycles. The molecular weight excluding hydrogens is 1240 g/mol. The Balaban J connectivity index is 0.000000154. The van der Waals surface area contributed by atoms with Crippen molar-refractivity contribution in [3.63, 3.8) is 0 Å². The zero-order valence-electron chi connectivity index (χ0n) is 51.8. The van der Waals surface area contributed by atoms with Gasteiger partial charge in [-0.15, -0.1) is 0 Å². The van der Waals surface area contributed by atoms with E-state index in [1.165, 1.54) is 18.2 Å². The first-order valence-corrected chi connectivity index (χ1v) is 32.9. The van der Waals surface area contributed by atoms with Gasteiger partial charge in [-0.1, -0.05) is 133 Å². The third kappa shape index (κ3) is 16.7. The van der Waals surface area contributed by atoms with E-state index in [0.717, 1.165) is 84.1 Å². The van der Waals surface area contributed by atoms with Crippen LogP contribution in [0.4, 0.5) is 18.9 Å². The predicted octanol–water partition coefficient (Wildman–Crippen LogP) is 16.5. The number of hydrogen-bond donors (Lipinski definition) is 6. The zero-order valence-corrected chi connectivity index (χ0v) is 53.4. The molecule has 0 saturated carbocycles. The molecule has 0 saturated heterocycles. The molecule has 7 N–H and O–H groups in total. The number of H-pyrrole nitrogens is 3. The number of fused-ring (bicyclic) bond motifs is 3. The number of imidazole rings is 3. The summed E-state index contributed by atoms with van der Waals surface area (Å²) in [7, 11) is -9.37. The molecule has 0 aliphatic rings. The van der Waals surface area contributed by atoms with Crippen LogP contribution in [0.25, 0.3) is 103 Å². The molecule has 0 amide bonds. The summed E-state index contributed by atoms with van der Waals surface area (Å²) in [5, 5.41) is 15.9. The van der Waals surface area contributed by atoms with Gasteiger partial charge in [0.15, 0.2) is 0 Å². The van der Waals surface area contributed by atoms with E-state index in [0.29, 0.717) is 59.2 Å². The Morgan fingerprint density at radius 1 is 0.468 bits per heavy atom. The molecule has 0 aliphatic heterocycles. The van der Waals surface area contributed by atoms with Gasteiger partial charge in [0.2, 0.25) is 10.0 Å². The molecule has 9 aromatic carbocycles. The molecular formula is C73H67F3N8O8S2. The first-order chi connectivity index (χ1) is 45.0. The van der Waals surface area contributed by atoms with Crippen LogP contribution in [0, 0.1) is 0 Å². The second-order valence-corrected chi connectivity index (χ2v) is 25.0. The minimum absolute atomic E-state index is 0.0967. The van der Waals surface area contributed by atoms with Gasteiger partial charge in [-0.25, -0.2) is 28.5 Å². The van der Waals surface area contributed by atoms with Crippen LogP contribution in [0.5, 0.6) is 17.2 Å². The van der Waals surface area contributed by atoms with Crippen LogP contribution < -0.4 is 24.1 Å². The van der Waals surface area contributed by atoms with Crippen LogP contribution >= 0.6 is 0 Å². The number of alkyl halides is 3.